The maximum absolute atomic E-state index is 12.5. The minimum absolute atomic E-state index is 0.0510. The summed E-state index contributed by atoms with van der Waals surface area (Å²) in [5.74, 6) is -1.57. The van der Waals surface area contributed by atoms with Crippen LogP contribution in [0.25, 0.3) is 0 Å². The molecule has 0 amide bonds. The fourth-order valence-corrected chi connectivity index (χ4v) is 3.19. The molecule has 0 radical (unpaired) electrons. The van der Waals surface area contributed by atoms with Crippen molar-refractivity contribution < 1.29 is 19.1 Å². The first kappa shape index (κ1) is 22.1. The highest BCUT2D eigenvalue weighted by molar-refractivity contribution is 6.55. The molecule has 0 aliphatic carbocycles. The van der Waals surface area contributed by atoms with Crippen molar-refractivity contribution in [1.29, 1.82) is 0 Å². The van der Waals surface area contributed by atoms with Crippen LogP contribution in [0.5, 0.6) is 5.75 Å². The van der Waals surface area contributed by atoms with Gasteiger partial charge in [0.1, 0.15) is 10.0 Å². The number of rotatable bonds is 6. The third kappa shape index (κ3) is 5.21. The Hall–Kier alpha value is -1.17. The second-order valence-electron chi connectivity index (χ2n) is 5.36. The number of carbonyl (C=O) groups excluding carboxylic acids is 2. The maximum atomic E-state index is 12.5. The van der Waals surface area contributed by atoms with Crippen molar-refractivity contribution in [3.05, 3.63) is 60.5 Å². The van der Waals surface area contributed by atoms with Crippen molar-refractivity contribution in [2.24, 2.45) is 0 Å². The zero-order chi connectivity index (χ0) is 20.1. The Kier molecular flexibility index (Phi) is 8.07. The van der Waals surface area contributed by atoms with Gasteiger partial charge in [-0.2, -0.15) is 0 Å². The van der Waals surface area contributed by atoms with Crippen molar-refractivity contribution in [3.63, 3.8) is 0 Å². The van der Waals surface area contributed by atoms with E-state index in [1.165, 1.54) is 24.3 Å². The van der Waals surface area contributed by atoms with Crippen LogP contribution >= 0.6 is 58.0 Å². The molecule has 0 N–H and O–H groups in total. The van der Waals surface area contributed by atoms with Gasteiger partial charge in [0.05, 0.1) is 32.8 Å². The number of ether oxygens (including phenoxy) is 2. The van der Waals surface area contributed by atoms with Crippen LogP contribution in [-0.4, -0.2) is 18.5 Å². The zero-order valence-electron chi connectivity index (χ0n) is 14.0. The van der Waals surface area contributed by atoms with E-state index in [1.807, 2.05) is 6.92 Å². The zero-order valence-corrected chi connectivity index (χ0v) is 17.7. The first-order chi connectivity index (χ1) is 12.8. The summed E-state index contributed by atoms with van der Waals surface area (Å²) in [5.41, 5.74) is 0.305. The van der Waals surface area contributed by atoms with E-state index in [4.69, 9.17) is 67.5 Å². The summed E-state index contributed by atoms with van der Waals surface area (Å²) in [5, 5.41) is -0.545. The van der Waals surface area contributed by atoms with Crippen LogP contribution in [0, 0.1) is 0 Å². The number of carbonyl (C=O) groups is 2. The van der Waals surface area contributed by atoms with Crippen LogP contribution in [0.2, 0.25) is 25.1 Å². The summed E-state index contributed by atoms with van der Waals surface area (Å²) in [4.78, 5) is 24.5. The number of hydrogen-bond donors (Lipinski definition) is 0. The van der Waals surface area contributed by atoms with Crippen LogP contribution in [0.1, 0.15) is 40.5 Å². The largest absolute Gasteiger partial charge is 0.462 e. The molecule has 27 heavy (non-hydrogen) atoms. The minimum Gasteiger partial charge on any atom is -0.462 e. The average Bonchev–Trinajstić information content (AvgIpc) is 2.68. The number of halogens is 5. The molecule has 2 aromatic rings. The molecule has 0 aliphatic rings. The predicted octanol–water partition coefficient (Wildman–Crippen LogP) is 7.13. The molecule has 0 unspecified atom stereocenters. The fourth-order valence-electron chi connectivity index (χ4n) is 1.99. The first-order valence-corrected chi connectivity index (χ1v) is 9.67. The van der Waals surface area contributed by atoms with Crippen molar-refractivity contribution in [2.75, 3.05) is 6.61 Å². The second kappa shape index (κ2) is 9.85. The summed E-state index contributed by atoms with van der Waals surface area (Å²) < 4.78 is 10.4. The third-order valence-corrected chi connectivity index (χ3v) is 5.67. The number of esters is 2. The van der Waals surface area contributed by atoms with Gasteiger partial charge in [-0.15, -0.1) is 0 Å². The quantitative estimate of drug-likeness (QED) is 0.148. The van der Waals surface area contributed by atoms with Crippen LogP contribution in [0.4, 0.5) is 0 Å². The summed E-state index contributed by atoms with van der Waals surface area (Å²) >= 11 is 29.9. The third-order valence-electron chi connectivity index (χ3n) is 3.43. The Balaban J connectivity index is 2.25. The van der Waals surface area contributed by atoms with E-state index < -0.39 is 11.9 Å². The van der Waals surface area contributed by atoms with Gasteiger partial charge in [0.2, 0.25) is 0 Å². The molecule has 0 atom stereocenters. The number of benzene rings is 2. The highest BCUT2D eigenvalue weighted by atomic mass is 35.5. The molecule has 0 heterocycles. The molecule has 2 rings (SSSR count). The molecule has 0 saturated carbocycles. The van der Waals surface area contributed by atoms with Gasteiger partial charge >= 0.3 is 11.9 Å². The number of unbranched alkanes of at least 4 members (excludes halogenated alkanes) is 1. The van der Waals surface area contributed by atoms with Gasteiger partial charge in [-0.25, -0.2) is 9.59 Å². The monoisotopic (exact) mass is 468 g/mol. The normalized spacial score (nSPS) is 10.6. The number of hydrogen-bond acceptors (Lipinski definition) is 4. The second-order valence-corrected chi connectivity index (χ2v) is 7.25. The fraction of sp³-hybridized carbons (Fsp3) is 0.222. The van der Waals surface area contributed by atoms with Crippen LogP contribution in [0.15, 0.2) is 24.3 Å². The lowest BCUT2D eigenvalue weighted by molar-refractivity contribution is 0.0499. The lowest BCUT2D eigenvalue weighted by Crippen LogP contribution is -2.12. The van der Waals surface area contributed by atoms with E-state index in [2.05, 4.69) is 0 Å². The van der Waals surface area contributed by atoms with Gasteiger partial charge in [0.25, 0.3) is 0 Å². The summed E-state index contributed by atoms with van der Waals surface area (Å²) in [6, 6.07) is 5.86. The van der Waals surface area contributed by atoms with E-state index in [1.54, 1.807) is 0 Å². The highest BCUT2D eigenvalue weighted by Gasteiger charge is 2.23. The van der Waals surface area contributed by atoms with Crippen LogP contribution in [-0.2, 0) is 4.74 Å². The van der Waals surface area contributed by atoms with E-state index in [0.29, 0.717) is 6.61 Å². The SMILES string of the molecule is CCCCOC(=O)c1cccc(C(=O)Oc2c(Cl)c(Cl)c(Cl)c(Cl)c2Cl)c1. The molecule has 0 aromatic heterocycles. The molecule has 9 heteroatoms. The van der Waals surface area contributed by atoms with Gasteiger partial charge in [-0.1, -0.05) is 77.4 Å². The summed E-state index contributed by atoms with van der Waals surface area (Å²) in [7, 11) is 0. The average molecular weight is 471 g/mol. The van der Waals surface area contributed by atoms with Crippen LogP contribution in [0.3, 0.4) is 0 Å². The van der Waals surface area contributed by atoms with Gasteiger partial charge in [0.15, 0.2) is 5.75 Å². The molecular formula is C18H13Cl5O4. The van der Waals surface area contributed by atoms with E-state index in [0.717, 1.165) is 12.8 Å². The first-order valence-electron chi connectivity index (χ1n) is 7.78. The summed E-state index contributed by atoms with van der Waals surface area (Å²) in [6.07, 6.45) is 1.65. The Morgan fingerprint density at radius 1 is 0.852 bits per heavy atom. The van der Waals surface area contributed by atoms with Crippen molar-refractivity contribution in [1.82, 2.24) is 0 Å². The van der Waals surface area contributed by atoms with Gasteiger partial charge in [-0.3, -0.25) is 0 Å². The molecule has 144 valence electrons. The molecule has 0 aliphatic heterocycles. The van der Waals surface area contributed by atoms with Gasteiger partial charge in [-0.05, 0) is 24.6 Å². The highest BCUT2D eigenvalue weighted by Crippen LogP contribution is 2.48. The predicted molar refractivity (Wildman–Crippen MR) is 108 cm³/mol. The molecule has 0 bridgehead atoms. The summed E-state index contributed by atoms with van der Waals surface area (Å²) in [6.45, 7) is 2.28. The van der Waals surface area contributed by atoms with Crippen molar-refractivity contribution >= 4 is 69.9 Å². The van der Waals surface area contributed by atoms with Crippen LogP contribution < -0.4 is 4.74 Å². The molecular weight excluding hydrogens is 457 g/mol. The topological polar surface area (TPSA) is 52.6 Å². The van der Waals surface area contributed by atoms with E-state index >= 15 is 0 Å². The molecule has 0 fully saturated rings. The van der Waals surface area contributed by atoms with Gasteiger partial charge < -0.3 is 9.47 Å². The lowest BCUT2D eigenvalue weighted by atomic mass is 10.1. The Bertz CT molecular complexity index is 853. The van der Waals surface area contributed by atoms with Gasteiger partial charge in [0, 0.05) is 0 Å². The lowest BCUT2D eigenvalue weighted by Gasteiger charge is -2.12. The van der Waals surface area contributed by atoms with Crippen molar-refractivity contribution in [2.45, 2.75) is 19.8 Å². The maximum Gasteiger partial charge on any atom is 0.343 e. The standard InChI is InChI=1S/C18H13Cl5O4/c1-2-3-7-26-17(24)9-5-4-6-10(8-9)18(25)27-16-14(22)12(20)11(19)13(21)15(16)23/h4-6,8H,2-3,7H2,1H3. The Labute approximate surface area is 181 Å². The van der Waals surface area contributed by atoms with Crippen molar-refractivity contribution in [3.8, 4) is 5.75 Å². The molecule has 0 saturated heterocycles. The molecule has 0 spiro atoms. The smallest absolute Gasteiger partial charge is 0.343 e. The minimum atomic E-state index is -0.809. The Morgan fingerprint density at radius 2 is 1.37 bits per heavy atom. The molecule has 2 aromatic carbocycles. The van der Waals surface area contributed by atoms with E-state index in [-0.39, 0.29) is 42.0 Å². The molecule has 4 nitrogen and oxygen atoms in total. The Morgan fingerprint density at radius 3 is 1.93 bits per heavy atom. The van der Waals surface area contributed by atoms with E-state index in [9.17, 15) is 9.59 Å².